The van der Waals surface area contributed by atoms with Crippen molar-refractivity contribution in [2.24, 2.45) is 0 Å². The number of aliphatic carboxylic acids is 6. The van der Waals surface area contributed by atoms with Gasteiger partial charge in [-0.2, -0.15) is 0 Å². The first kappa shape index (κ1) is 126. The zero-order valence-electron chi connectivity index (χ0n) is 80.5. The van der Waals surface area contributed by atoms with Crippen LogP contribution in [0.25, 0.3) is 0 Å². The van der Waals surface area contributed by atoms with Gasteiger partial charge in [0, 0.05) is 38.5 Å². The van der Waals surface area contributed by atoms with E-state index in [1.807, 2.05) is 0 Å². The van der Waals surface area contributed by atoms with Gasteiger partial charge in [0.25, 0.3) is 0 Å². The van der Waals surface area contributed by atoms with E-state index >= 15 is 0 Å². The second-order valence-corrected chi connectivity index (χ2v) is 34.4. The third kappa shape index (κ3) is 151. The molecule has 0 saturated carbocycles. The molecular weight excluding hydrogens is 1490 g/mol. The lowest BCUT2D eigenvalue weighted by Gasteiger charge is -1.99. The quantitative estimate of drug-likeness (QED) is 0.0247. The maximum atomic E-state index is 10.3. The van der Waals surface area contributed by atoms with E-state index in [4.69, 9.17) is 30.6 Å². The Morgan fingerprint density at radius 3 is 0.283 bits per heavy atom. The molecule has 0 aliphatic carbocycles. The van der Waals surface area contributed by atoms with Gasteiger partial charge in [-0.25, -0.2) is 0 Å². The van der Waals surface area contributed by atoms with Gasteiger partial charge in [0.15, 0.2) is 0 Å². The summed E-state index contributed by atoms with van der Waals surface area (Å²) in [6.45, 7) is 13.6. The van der Waals surface area contributed by atoms with Gasteiger partial charge >= 0.3 is 35.8 Å². The van der Waals surface area contributed by atoms with Crippen molar-refractivity contribution in [2.45, 2.75) is 581 Å². The number of hydrogen-bond donors (Lipinski definition) is 6. The average Bonchev–Trinajstić information content (AvgIpc) is 1.37. The summed E-state index contributed by atoms with van der Waals surface area (Å²) in [5.74, 6) is -3.99. The highest BCUT2D eigenvalue weighted by Crippen LogP contribution is 2.18. The van der Waals surface area contributed by atoms with Crippen molar-refractivity contribution in [1.82, 2.24) is 0 Å². The molecule has 0 aliphatic heterocycles. The highest BCUT2D eigenvalue weighted by Gasteiger charge is 2.03. The van der Waals surface area contributed by atoms with Gasteiger partial charge in [0.2, 0.25) is 0 Å². The van der Waals surface area contributed by atoms with Gasteiger partial charge in [-0.1, -0.05) is 423 Å². The molecule has 0 unspecified atom stereocenters. The minimum atomic E-state index is -0.664. The van der Waals surface area contributed by atoms with Crippen molar-refractivity contribution >= 4 is 35.8 Å². The third-order valence-corrected chi connectivity index (χ3v) is 21.9. The van der Waals surface area contributed by atoms with Crippen molar-refractivity contribution in [3.05, 3.63) is 72.9 Å². The summed E-state index contributed by atoms with van der Waals surface area (Å²) in [6.07, 6.45) is 127. The number of carbonyl (C=O) groups is 6. The second-order valence-electron chi connectivity index (χ2n) is 34.4. The zero-order chi connectivity index (χ0) is 89.3. The Hall–Kier alpha value is -4.74. The Morgan fingerprint density at radius 1 is 0.125 bits per heavy atom. The second kappa shape index (κ2) is 123. The van der Waals surface area contributed by atoms with Crippen LogP contribution in [0.1, 0.15) is 581 Å². The fraction of sp³-hybridized carbons (Fsp3) is 0.833. The molecule has 0 fully saturated rings. The van der Waals surface area contributed by atoms with Crippen LogP contribution < -0.4 is 0 Å². The number of hydrogen-bond acceptors (Lipinski definition) is 6. The fourth-order valence-electron chi connectivity index (χ4n) is 14.1. The van der Waals surface area contributed by atoms with E-state index < -0.39 is 35.8 Å². The molecule has 0 bridgehead atoms. The molecule has 12 nitrogen and oxygen atoms in total. The Bertz CT molecular complexity index is 1790. The molecule has 0 radical (unpaired) electrons. The van der Waals surface area contributed by atoms with Crippen LogP contribution >= 0.6 is 0 Å². The molecule has 6 N–H and O–H groups in total. The molecule has 0 spiro atoms. The van der Waals surface area contributed by atoms with E-state index in [1.54, 1.807) is 0 Å². The molecule has 0 atom stereocenters. The molecule has 12 heteroatoms. The van der Waals surface area contributed by atoms with E-state index in [-0.39, 0.29) is 0 Å². The number of carboxylic acid groups (broad SMARTS) is 6. The number of allylic oxidation sites excluding steroid dienone is 12. The largest absolute Gasteiger partial charge is 0.481 e. The van der Waals surface area contributed by atoms with Crippen LogP contribution in [0.2, 0.25) is 0 Å². The highest BCUT2D eigenvalue weighted by molar-refractivity contribution is 5.68. The van der Waals surface area contributed by atoms with Crippen molar-refractivity contribution in [3.8, 4) is 0 Å². The van der Waals surface area contributed by atoms with Gasteiger partial charge in [0.05, 0.1) is 0 Å². The predicted octanol–water partition coefficient (Wildman–Crippen LogP) is 36.7. The number of carboxylic acids is 6. The van der Waals surface area contributed by atoms with Crippen molar-refractivity contribution < 1.29 is 59.4 Å². The number of rotatable bonds is 90. The highest BCUT2D eigenvalue weighted by atomic mass is 16.4. The maximum absolute atomic E-state index is 10.3. The van der Waals surface area contributed by atoms with Gasteiger partial charge in [-0.05, 0) is 193 Å². The Balaban J connectivity index is -0.000000325. The fourth-order valence-corrected chi connectivity index (χ4v) is 14.1. The van der Waals surface area contributed by atoms with E-state index in [2.05, 4.69) is 114 Å². The molecular formula is C108H204O12. The summed E-state index contributed by atoms with van der Waals surface area (Å²) in [7, 11) is 0. The van der Waals surface area contributed by atoms with Gasteiger partial charge < -0.3 is 30.6 Å². The van der Waals surface area contributed by atoms with Crippen LogP contribution in [0.3, 0.4) is 0 Å². The lowest BCUT2D eigenvalue weighted by Crippen LogP contribution is -1.93. The minimum absolute atomic E-state index is 0.332. The van der Waals surface area contributed by atoms with Crippen LogP contribution in [0.15, 0.2) is 72.9 Å². The Kier molecular flexibility index (Phi) is 129. The van der Waals surface area contributed by atoms with Crippen molar-refractivity contribution in [2.75, 3.05) is 0 Å². The molecule has 0 aliphatic rings. The summed E-state index contributed by atoms with van der Waals surface area (Å²) in [4.78, 5) is 61.9. The SMILES string of the molecule is CCCCCCCC/C=C\CCCCCCCC(=O)O.CCCCCCCC/C=C\CCCCCCCC(=O)O.CCCCCCCC/C=C\CCCCCCCC(=O)O.CCCCCCCC/C=C\CCCCCCCC(=O)O.CCCCCCCC/C=C\CCCCCCCC(=O)O.CCCCCCCC/C=C\CCCCCCCC(=O)O. The molecule has 120 heavy (non-hydrogen) atoms. The van der Waals surface area contributed by atoms with Crippen molar-refractivity contribution in [1.29, 1.82) is 0 Å². The Labute approximate surface area is 744 Å². The molecule has 0 aromatic heterocycles. The summed E-state index contributed by atoms with van der Waals surface area (Å²) >= 11 is 0. The monoisotopic (exact) mass is 1690 g/mol. The van der Waals surface area contributed by atoms with Crippen LogP contribution in [-0.2, 0) is 28.8 Å². The molecule has 0 amide bonds. The number of unbranched alkanes of at least 4 members (excludes halogenated alkanes) is 66. The smallest absolute Gasteiger partial charge is 0.303 e. The normalized spacial score (nSPS) is 11.2. The Morgan fingerprint density at radius 2 is 0.200 bits per heavy atom. The van der Waals surface area contributed by atoms with E-state index in [0.717, 1.165) is 77.0 Å². The van der Waals surface area contributed by atoms with Gasteiger partial charge in [-0.3, -0.25) is 28.8 Å². The topological polar surface area (TPSA) is 224 Å². The minimum Gasteiger partial charge on any atom is -0.481 e. The third-order valence-electron chi connectivity index (χ3n) is 21.9. The van der Waals surface area contributed by atoms with Crippen LogP contribution in [0, 0.1) is 0 Å². The maximum Gasteiger partial charge on any atom is 0.303 e. The summed E-state index contributed by atoms with van der Waals surface area (Å²) in [6, 6.07) is 0. The first-order valence-corrected chi connectivity index (χ1v) is 51.8. The molecule has 0 saturated heterocycles. The van der Waals surface area contributed by atoms with Gasteiger partial charge in [-0.15, -0.1) is 0 Å². The molecule has 708 valence electrons. The van der Waals surface area contributed by atoms with E-state index in [9.17, 15) is 28.8 Å². The van der Waals surface area contributed by atoms with E-state index in [1.165, 1.54) is 424 Å². The molecule has 0 aromatic rings. The van der Waals surface area contributed by atoms with Gasteiger partial charge in [0.1, 0.15) is 0 Å². The van der Waals surface area contributed by atoms with E-state index in [0.29, 0.717) is 38.5 Å². The molecule has 0 aromatic carbocycles. The molecule has 0 heterocycles. The predicted molar refractivity (Wildman–Crippen MR) is 523 cm³/mol. The zero-order valence-corrected chi connectivity index (χ0v) is 80.5. The van der Waals surface area contributed by atoms with Crippen LogP contribution in [0.4, 0.5) is 0 Å². The first-order chi connectivity index (χ1) is 58.6. The summed E-state index contributed by atoms with van der Waals surface area (Å²) in [5.41, 5.74) is 0. The lowest BCUT2D eigenvalue weighted by atomic mass is 10.1. The van der Waals surface area contributed by atoms with Crippen molar-refractivity contribution in [3.63, 3.8) is 0 Å². The van der Waals surface area contributed by atoms with Crippen LogP contribution in [-0.4, -0.2) is 66.5 Å². The first-order valence-electron chi connectivity index (χ1n) is 51.8. The summed E-state index contributed by atoms with van der Waals surface area (Å²) < 4.78 is 0. The average molecular weight is 1690 g/mol. The summed E-state index contributed by atoms with van der Waals surface area (Å²) in [5, 5.41) is 51.0. The molecule has 0 rings (SSSR count). The standard InChI is InChI=1S/6C18H34O2/c6*1-2-3-4-5-6-7-8-9-10-11-12-13-14-15-16-17-18(19)20/h6*9-10H,2-8,11-17H2,1H3,(H,19,20)/b6*10-9-. The lowest BCUT2D eigenvalue weighted by molar-refractivity contribution is -0.138. The van der Waals surface area contributed by atoms with Crippen LogP contribution in [0.5, 0.6) is 0 Å².